The third kappa shape index (κ3) is 7.28. The van der Waals surface area contributed by atoms with Crippen molar-refractivity contribution < 1.29 is 89.1 Å². The van der Waals surface area contributed by atoms with E-state index in [-0.39, 0.29) is 40.6 Å². The van der Waals surface area contributed by atoms with E-state index in [1.807, 2.05) is 6.92 Å². The Hall–Kier alpha value is -2.14. The summed E-state index contributed by atoms with van der Waals surface area (Å²) < 4.78 is 36.0. The van der Waals surface area contributed by atoms with Crippen LogP contribution in [0, 0.1) is 44.8 Å². The van der Waals surface area contributed by atoms with Crippen LogP contribution in [0.4, 0.5) is 0 Å². The van der Waals surface area contributed by atoms with Crippen molar-refractivity contribution in [3.05, 3.63) is 23.8 Å². The van der Waals surface area contributed by atoms with Gasteiger partial charge in [-0.05, 0) is 92.3 Å². The first-order chi connectivity index (χ1) is 29.6. The summed E-state index contributed by atoms with van der Waals surface area (Å²) in [7, 11) is 0. The first-order valence-corrected chi connectivity index (χ1v) is 22.6. The Morgan fingerprint density at radius 1 is 0.746 bits per heavy atom. The van der Waals surface area contributed by atoms with Crippen molar-refractivity contribution in [1.82, 2.24) is 0 Å². The Labute approximate surface area is 366 Å². The lowest BCUT2D eigenvalue weighted by atomic mass is 9.34. The molecule has 8 aliphatic rings. The summed E-state index contributed by atoms with van der Waals surface area (Å²) >= 11 is 0. The number of fused-ring (bicyclic) bond motifs is 7. The third-order valence-corrected chi connectivity index (χ3v) is 18.1. The van der Waals surface area contributed by atoms with Gasteiger partial charge in [-0.3, -0.25) is 4.79 Å². The van der Waals surface area contributed by atoms with Crippen LogP contribution in [0.15, 0.2) is 23.8 Å². The van der Waals surface area contributed by atoms with Gasteiger partial charge in [-0.25, -0.2) is 4.79 Å². The number of ether oxygens (including phenoxy) is 6. The number of carboxylic acid groups (broad SMARTS) is 2. The highest BCUT2D eigenvalue weighted by molar-refractivity contribution is 5.77. The van der Waals surface area contributed by atoms with E-state index in [0.29, 0.717) is 32.1 Å². The number of rotatable bonds is 9. The standard InChI is InChI=1S/C45H68O18/c1-20-8-13-45(40(56)57)15-14-43(4)21(22(45)16-20)6-7-26-41(2)11-10-27(42(3,19-46)25(41)9-12-44(26,43)5)60-39-35(63-37-31(52)28(49)23(47)17-58-37)33(24(48)18-59-39)61-38-32(53)29(50)30(51)34(62-38)36(54)55/h6,22-35,37-39,46-53H,1,7-19H2,2-5H3,(H,54,55)(H,56,57)/t22-,23-,24-,25+,26+,27-,28-,29-,30-,31+,32+,33-,34-,35+,37-,38+,39-,41-,42-,43+,44+,45-/m0/s1. The Kier molecular flexibility index (Phi) is 12.7. The van der Waals surface area contributed by atoms with Crippen molar-refractivity contribution in [3.63, 3.8) is 0 Å². The zero-order valence-corrected chi connectivity index (χ0v) is 36.5. The van der Waals surface area contributed by atoms with Crippen LogP contribution in [0.5, 0.6) is 0 Å². The van der Waals surface area contributed by atoms with Crippen molar-refractivity contribution >= 4 is 11.9 Å². The molecule has 0 radical (unpaired) electrons. The molecule has 4 saturated carbocycles. The van der Waals surface area contributed by atoms with Crippen molar-refractivity contribution in [3.8, 4) is 0 Å². The fourth-order valence-corrected chi connectivity index (χ4v) is 14.1. The van der Waals surface area contributed by atoms with Gasteiger partial charge in [0, 0.05) is 11.3 Å². The van der Waals surface area contributed by atoms with Crippen LogP contribution < -0.4 is 0 Å². The molecule has 3 heterocycles. The van der Waals surface area contributed by atoms with Crippen molar-refractivity contribution in [2.24, 2.45) is 44.8 Å². The lowest BCUT2D eigenvalue weighted by Crippen LogP contribution is -2.67. The van der Waals surface area contributed by atoms with Gasteiger partial charge in [-0.1, -0.05) is 51.5 Å². The summed E-state index contributed by atoms with van der Waals surface area (Å²) in [5, 5.41) is 106. The lowest BCUT2D eigenvalue weighted by Gasteiger charge is -2.71. The maximum atomic E-state index is 13.0. The van der Waals surface area contributed by atoms with Crippen LogP contribution in [0.25, 0.3) is 0 Å². The molecule has 7 fully saturated rings. The molecular weight excluding hydrogens is 828 g/mol. The minimum atomic E-state index is -2.02. The van der Waals surface area contributed by atoms with E-state index in [2.05, 4.69) is 33.4 Å². The van der Waals surface area contributed by atoms with Crippen LogP contribution in [0.1, 0.15) is 91.9 Å². The molecule has 0 aromatic heterocycles. The average molecular weight is 897 g/mol. The van der Waals surface area contributed by atoms with Crippen LogP contribution in [0.3, 0.4) is 0 Å². The molecular formula is C45H68O18. The molecule has 22 atom stereocenters. The number of hydrogen-bond acceptors (Lipinski definition) is 16. The van der Waals surface area contributed by atoms with E-state index >= 15 is 0 Å². The van der Waals surface area contributed by atoms with Gasteiger partial charge >= 0.3 is 11.9 Å². The van der Waals surface area contributed by atoms with Gasteiger partial charge in [0.05, 0.1) is 31.3 Å². The summed E-state index contributed by atoms with van der Waals surface area (Å²) in [5.74, 6) is -2.33. The first-order valence-electron chi connectivity index (χ1n) is 22.6. The quantitative estimate of drug-likeness (QED) is 0.112. The monoisotopic (exact) mass is 896 g/mol. The second kappa shape index (κ2) is 16.9. The highest BCUT2D eigenvalue weighted by Gasteiger charge is 2.70. The van der Waals surface area contributed by atoms with Gasteiger partial charge < -0.3 is 79.5 Å². The minimum absolute atomic E-state index is 0.0612. The summed E-state index contributed by atoms with van der Waals surface area (Å²) in [4.78, 5) is 24.9. The summed E-state index contributed by atoms with van der Waals surface area (Å²) in [6, 6.07) is 0. The number of carbonyl (C=O) groups is 2. The Morgan fingerprint density at radius 2 is 1.41 bits per heavy atom. The Morgan fingerprint density at radius 3 is 2.10 bits per heavy atom. The number of carboxylic acids is 2. The predicted octanol–water partition coefficient (Wildman–Crippen LogP) is 0.579. The van der Waals surface area contributed by atoms with Gasteiger partial charge in [-0.15, -0.1) is 0 Å². The SMILES string of the molecule is C=C1CC[C@]2(C(=O)O)CC[C@]3(C)C(=CC[C@@H]4[C@@]5(C)CC[C@H](O[C@@H]6OC[C@H](O)[C@H](O[C@@H]7O[C@H](C(=O)O)[C@@H](O)[C@H](O)[C@H]7O)[C@H]6O[C@@H]6OC[C@H](O)[C@H](O)[C@H]6O)[C@@](C)(CO)[C@@H]5CC[C@]43C)[C@@H]2C1. The van der Waals surface area contributed by atoms with Gasteiger partial charge in [0.2, 0.25) is 0 Å². The van der Waals surface area contributed by atoms with E-state index in [0.717, 1.165) is 37.7 Å². The number of aliphatic carboxylic acids is 2. The second-order valence-electron chi connectivity index (χ2n) is 21.0. The molecule has 18 heteroatoms. The van der Waals surface area contributed by atoms with Crippen molar-refractivity contribution in [2.75, 3.05) is 19.8 Å². The third-order valence-electron chi connectivity index (χ3n) is 18.1. The zero-order valence-electron chi connectivity index (χ0n) is 36.5. The molecule has 356 valence electrons. The highest BCUT2D eigenvalue weighted by atomic mass is 16.8. The summed E-state index contributed by atoms with van der Waals surface area (Å²) in [5.41, 5.74) is 0.0156. The summed E-state index contributed by atoms with van der Waals surface area (Å²) in [6.45, 7) is 12.2. The zero-order chi connectivity index (χ0) is 45.8. The Balaban J connectivity index is 1.08. The second-order valence-corrected chi connectivity index (χ2v) is 21.0. The molecule has 0 aromatic rings. The Bertz CT molecular complexity index is 1790. The van der Waals surface area contributed by atoms with Crippen molar-refractivity contribution in [2.45, 2.75) is 178 Å². The number of allylic oxidation sites excluding steroid dienone is 3. The minimum Gasteiger partial charge on any atom is -0.481 e. The smallest absolute Gasteiger partial charge is 0.335 e. The van der Waals surface area contributed by atoms with Crippen LogP contribution >= 0.6 is 0 Å². The molecule has 10 N–H and O–H groups in total. The van der Waals surface area contributed by atoms with Crippen LogP contribution in [0.2, 0.25) is 0 Å². The topological polar surface area (TPSA) is 292 Å². The summed E-state index contributed by atoms with van der Waals surface area (Å²) in [6.07, 6.45) is -14.1. The molecule has 63 heavy (non-hydrogen) atoms. The molecule has 8 rings (SSSR count). The van der Waals surface area contributed by atoms with Gasteiger partial charge in [-0.2, -0.15) is 0 Å². The van der Waals surface area contributed by atoms with Gasteiger partial charge in [0.1, 0.15) is 54.9 Å². The van der Waals surface area contributed by atoms with E-state index in [1.165, 1.54) is 5.57 Å². The molecule has 5 aliphatic carbocycles. The molecule has 18 nitrogen and oxygen atoms in total. The largest absolute Gasteiger partial charge is 0.481 e. The molecule has 0 amide bonds. The van der Waals surface area contributed by atoms with Gasteiger partial charge in [0.25, 0.3) is 0 Å². The van der Waals surface area contributed by atoms with Gasteiger partial charge in [0.15, 0.2) is 25.0 Å². The fraction of sp³-hybridized carbons (Fsp3) is 0.867. The highest BCUT2D eigenvalue weighted by Crippen LogP contribution is 2.75. The normalized spacial score (nSPS) is 53.6. The number of aliphatic hydroxyl groups is 8. The molecule has 0 aromatic carbocycles. The molecule has 0 spiro atoms. The average Bonchev–Trinajstić information content (AvgIpc) is 3.23. The lowest BCUT2D eigenvalue weighted by molar-refractivity contribution is -0.383. The van der Waals surface area contributed by atoms with E-state index in [1.54, 1.807) is 0 Å². The number of hydrogen-bond donors (Lipinski definition) is 10. The predicted molar refractivity (Wildman–Crippen MR) is 216 cm³/mol. The maximum Gasteiger partial charge on any atom is 0.335 e. The van der Waals surface area contributed by atoms with E-state index in [9.17, 15) is 60.7 Å². The molecule has 3 aliphatic heterocycles. The number of aliphatic hydroxyl groups excluding tert-OH is 8. The molecule has 0 unspecified atom stereocenters. The fourth-order valence-electron chi connectivity index (χ4n) is 14.1. The molecule has 0 bridgehead atoms. The molecule has 3 saturated heterocycles. The maximum absolute atomic E-state index is 13.0. The first kappa shape index (κ1) is 47.4. The van der Waals surface area contributed by atoms with Crippen molar-refractivity contribution in [1.29, 1.82) is 0 Å². The van der Waals surface area contributed by atoms with E-state index < -0.39 is 122 Å². The van der Waals surface area contributed by atoms with Crippen LogP contribution in [-0.2, 0) is 38.0 Å². The van der Waals surface area contributed by atoms with E-state index in [4.69, 9.17) is 28.4 Å². The van der Waals surface area contributed by atoms with Crippen LogP contribution in [-0.4, -0.2) is 169 Å².